The Bertz CT molecular complexity index is 457. The van der Waals surface area contributed by atoms with Gasteiger partial charge in [-0.25, -0.2) is 24.5 Å². The fraction of sp³-hybridized carbons (Fsp3) is 0.143. The maximum Gasteiger partial charge on any atom is 0.361 e. The highest BCUT2D eigenvalue weighted by Gasteiger charge is 2.02. The van der Waals surface area contributed by atoms with Gasteiger partial charge in [-0.15, -0.1) is 0 Å². The van der Waals surface area contributed by atoms with Gasteiger partial charge in [0.1, 0.15) is 12.2 Å². The highest BCUT2D eigenvalue weighted by molar-refractivity contribution is 5.17. The normalized spacial score (nSPS) is 10.2. The maximum atomic E-state index is 10.9. The molecular formula is C7H7N5O. The van der Waals surface area contributed by atoms with Gasteiger partial charge in [-0.2, -0.15) is 4.98 Å². The molecule has 0 amide bonds. The average molecular weight is 177 g/mol. The predicted octanol–water partition coefficient (Wildman–Crippen LogP) is -0.341. The van der Waals surface area contributed by atoms with Crippen molar-refractivity contribution in [3.8, 4) is 5.82 Å². The molecule has 13 heavy (non-hydrogen) atoms. The fourth-order valence-corrected chi connectivity index (χ4v) is 1.04. The number of nitrogens with one attached hydrogen (secondary N) is 1. The van der Waals surface area contributed by atoms with Crippen molar-refractivity contribution in [3.63, 3.8) is 0 Å². The van der Waals surface area contributed by atoms with Gasteiger partial charge >= 0.3 is 5.69 Å². The van der Waals surface area contributed by atoms with Crippen molar-refractivity contribution in [1.29, 1.82) is 0 Å². The second-order valence-electron chi connectivity index (χ2n) is 2.48. The number of nitrogens with zero attached hydrogens (tertiary/aromatic N) is 4. The largest absolute Gasteiger partial charge is 0.361 e. The summed E-state index contributed by atoms with van der Waals surface area (Å²) >= 11 is 0. The molecule has 2 rings (SSSR count). The predicted molar refractivity (Wildman–Crippen MR) is 44.5 cm³/mol. The zero-order chi connectivity index (χ0) is 9.26. The molecule has 2 aromatic rings. The van der Waals surface area contributed by atoms with Crippen LogP contribution in [0.2, 0.25) is 0 Å². The van der Waals surface area contributed by atoms with E-state index in [9.17, 15) is 4.79 Å². The van der Waals surface area contributed by atoms with E-state index in [-0.39, 0.29) is 5.69 Å². The highest BCUT2D eigenvalue weighted by Crippen LogP contribution is 1.99. The van der Waals surface area contributed by atoms with Gasteiger partial charge in [-0.1, -0.05) is 0 Å². The van der Waals surface area contributed by atoms with Crippen molar-refractivity contribution in [2.45, 2.75) is 6.92 Å². The summed E-state index contributed by atoms with van der Waals surface area (Å²) in [6.07, 6.45) is 3.01. The molecule has 0 aliphatic carbocycles. The van der Waals surface area contributed by atoms with Gasteiger partial charge in [0.15, 0.2) is 5.82 Å². The van der Waals surface area contributed by atoms with Crippen LogP contribution in [0.1, 0.15) is 5.82 Å². The summed E-state index contributed by atoms with van der Waals surface area (Å²) in [5, 5.41) is 2.52. The smallest absolute Gasteiger partial charge is 0.245 e. The second kappa shape index (κ2) is 2.81. The van der Waals surface area contributed by atoms with E-state index in [4.69, 9.17) is 0 Å². The maximum absolute atomic E-state index is 10.9. The Morgan fingerprint density at radius 1 is 1.54 bits per heavy atom. The van der Waals surface area contributed by atoms with Crippen LogP contribution in [0.15, 0.2) is 23.4 Å². The van der Waals surface area contributed by atoms with Gasteiger partial charge in [0, 0.05) is 12.3 Å². The first-order valence-corrected chi connectivity index (χ1v) is 3.69. The molecule has 6 heteroatoms. The zero-order valence-corrected chi connectivity index (χ0v) is 6.93. The fourth-order valence-electron chi connectivity index (χ4n) is 1.04. The van der Waals surface area contributed by atoms with E-state index in [0.717, 1.165) is 0 Å². The zero-order valence-electron chi connectivity index (χ0n) is 6.93. The Hall–Kier alpha value is -1.98. The minimum Gasteiger partial charge on any atom is -0.245 e. The first-order chi connectivity index (χ1) is 6.27. The lowest BCUT2D eigenvalue weighted by Gasteiger charge is -1.99. The molecular weight excluding hydrogens is 170 g/mol. The van der Waals surface area contributed by atoms with Crippen LogP contribution in [-0.2, 0) is 0 Å². The summed E-state index contributed by atoms with van der Waals surface area (Å²) in [5.74, 6) is 1.17. The number of hydrogen-bond acceptors (Lipinski definition) is 4. The van der Waals surface area contributed by atoms with Crippen molar-refractivity contribution < 1.29 is 0 Å². The van der Waals surface area contributed by atoms with E-state index in [1.54, 1.807) is 19.2 Å². The molecule has 1 N–H and O–H groups in total. The van der Waals surface area contributed by atoms with E-state index >= 15 is 0 Å². The topological polar surface area (TPSA) is 76.5 Å². The third kappa shape index (κ3) is 1.33. The van der Waals surface area contributed by atoms with Gasteiger partial charge < -0.3 is 0 Å². The van der Waals surface area contributed by atoms with Crippen LogP contribution < -0.4 is 5.69 Å². The summed E-state index contributed by atoms with van der Waals surface area (Å²) in [7, 11) is 0. The lowest BCUT2D eigenvalue weighted by atomic mass is 10.5. The number of hydrogen-bond donors (Lipinski definition) is 1. The molecule has 0 aliphatic rings. The van der Waals surface area contributed by atoms with Gasteiger partial charge in [0.05, 0.1) is 0 Å². The van der Waals surface area contributed by atoms with E-state index in [0.29, 0.717) is 11.6 Å². The molecule has 0 saturated carbocycles. The lowest BCUT2D eigenvalue weighted by molar-refractivity contribution is 0.798. The molecule has 2 aromatic heterocycles. The monoisotopic (exact) mass is 177 g/mol. The first-order valence-electron chi connectivity index (χ1n) is 3.69. The van der Waals surface area contributed by atoms with E-state index in [2.05, 4.69) is 20.1 Å². The van der Waals surface area contributed by atoms with Crippen LogP contribution in [0.5, 0.6) is 0 Å². The van der Waals surface area contributed by atoms with Crippen LogP contribution in [-0.4, -0.2) is 24.7 Å². The standard InChI is InChI=1S/C7H7N5O/c1-5-10-7(13)11-12(5)6-2-3-8-4-9-6/h2-4H,1H3,(H,11,13). The Morgan fingerprint density at radius 3 is 2.92 bits per heavy atom. The van der Waals surface area contributed by atoms with Gasteiger partial charge in [-0.05, 0) is 6.92 Å². The van der Waals surface area contributed by atoms with Crippen molar-refractivity contribution >= 4 is 0 Å². The van der Waals surface area contributed by atoms with E-state index in [1.165, 1.54) is 11.0 Å². The van der Waals surface area contributed by atoms with Crippen LogP contribution in [0.4, 0.5) is 0 Å². The molecule has 0 unspecified atom stereocenters. The first kappa shape index (κ1) is 7.66. The van der Waals surface area contributed by atoms with Crippen molar-refractivity contribution in [2.75, 3.05) is 0 Å². The molecule has 66 valence electrons. The van der Waals surface area contributed by atoms with Crippen LogP contribution in [0, 0.1) is 6.92 Å². The summed E-state index contributed by atoms with van der Waals surface area (Å²) in [4.78, 5) is 22.3. The Balaban J connectivity index is 2.59. The molecule has 0 fully saturated rings. The van der Waals surface area contributed by atoms with Crippen molar-refractivity contribution in [1.82, 2.24) is 24.7 Å². The van der Waals surface area contributed by atoms with E-state index < -0.39 is 0 Å². The lowest BCUT2D eigenvalue weighted by Crippen LogP contribution is -2.06. The molecule has 0 bridgehead atoms. The Kier molecular flexibility index (Phi) is 1.66. The molecule has 0 spiro atoms. The third-order valence-corrected chi connectivity index (χ3v) is 1.59. The minimum absolute atomic E-state index is 0.379. The van der Waals surface area contributed by atoms with Crippen LogP contribution in [0.25, 0.3) is 5.82 Å². The SMILES string of the molecule is Cc1nc(=O)[nH]n1-c1ccncn1. The molecule has 6 nitrogen and oxygen atoms in total. The quantitative estimate of drug-likeness (QED) is 0.646. The Labute approximate surface area is 73.3 Å². The van der Waals surface area contributed by atoms with E-state index in [1.807, 2.05) is 0 Å². The molecule has 2 heterocycles. The minimum atomic E-state index is -0.379. The van der Waals surface area contributed by atoms with Gasteiger partial charge in [-0.3, -0.25) is 0 Å². The summed E-state index contributed by atoms with van der Waals surface area (Å²) in [6, 6.07) is 1.69. The van der Waals surface area contributed by atoms with Crippen LogP contribution in [0.3, 0.4) is 0 Å². The van der Waals surface area contributed by atoms with Crippen LogP contribution >= 0.6 is 0 Å². The van der Waals surface area contributed by atoms with Crippen molar-refractivity contribution in [2.24, 2.45) is 0 Å². The number of rotatable bonds is 1. The third-order valence-electron chi connectivity index (χ3n) is 1.59. The second-order valence-corrected chi connectivity index (χ2v) is 2.48. The molecule has 0 aromatic carbocycles. The summed E-state index contributed by atoms with van der Waals surface area (Å²) in [5.41, 5.74) is -0.379. The number of aromatic nitrogens is 5. The molecule has 0 saturated heterocycles. The van der Waals surface area contributed by atoms with Gasteiger partial charge in [0.25, 0.3) is 0 Å². The van der Waals surface area contributed by atoms with Crippen molar-refractivity contribution in [3.05, 3.63) is 34.9 Å². The Morgan fingerprint density at radius 2 is 2.38 bits per heavy atom. The molecule has 0 atom stereocenters. The van der Waals surface area contributed by atoms with Gasteiger partial charge in [0.2, 0.25) is 0 Å². The number of H-pyrrole nitrogens is 1. The number of aryl methyl sites for hydroxylation is 1. The average Bonchev–Trinajstić information content (AvgIpc) is 2.47. The summed E-state index contributed by atoms with van der Waals surface area (Å²) in [6.45, 7) is 1.72. The molecule has 0 radical (unpaired) electrons. The summed E-state index contributed by atoms with van der Waals surface area (Å²) < 4.78 is 1.50. The molecule has 0 aliphatic heterocycles. The number of aromatic amines is 1. The highest BCUT2D eigenvalue weighted by atomic mass is 16.1.